The van der Waals surface area contributed by atoms with Crippen LogP contribution >= 0.6 is 0 Å². The Morgan fingerprint density at radius 1 is 1.00 bits per heavy atom. The molecule has 0 amide bonds. The van der Waals surface area contributed by atoms with Gasteiger partial charge in [-0.1, -0.05) is 25.9 Å². The molecule has 0 bridgehead atoms. The fourth-order valence-electron chi connectivity index (χ4n) is 1.22. The van der Waals surface area contributed by atoms with Crippen molar-refractivity contribution in [1.82, 2.24) is 0 Å². The third-order valence-corrected chi connectivity index (χ3v) is 3.15. The monoisotopic (exact) mass is 295 g/mol. The third kappa shape index (κ3) is 3.52. The smallest absolute Gasteiger partial charge is 0.411 e. The van der Waals surface area contributed by atoms with E-state index in [1.165, 1.54) is 20.8 Å². The van der Waals surface area contributed by atoms with Crippen molar-refractivity contribution in [2.45, 2.75) is 51.6 Å². The Morgan fingerprint density at radius 3 is 1.58 bits per heavy atom. The van der Waals surface area contributed by atoms with Crippen LogP contribution in [0.25, 0.3) is 0 Å². The average Bonchev–Trinajstić information content (AvgIpc) is 2.21. The molecule has 0 unspecified atom stereocenters. The molecule has 3 nitrogen and oxygen atoms in total. The maximum atomic E-state index is 12.5. The second-order valence-corrected chi connectivity index (χ2v) is 4.82. The second-order valence-electron chi connectivity index (χ2n) is 4.82. The molecule has 0 rings (SSSR count). The van der Waals surface area contributed by atoms with Crippen molar-refractivity contribution in [3.8, 4) is 0 Å². The predicted octanol–water partition coefficient (Wildman–Crippen LogP) is 3.50. The number of hydrogen-bond donors (Lipinski definition) is 2. The van der Waals surface area contributed by atoms with Crippen LogP contribution in [0.15, 0.2) is 5.16 Å². The van der Waals surface area contributed by atoms with E-state index >= 15 is 0 Å². The van der Waals surface area contributed by atoms with Crippen molar-refractivity contribution < 1.29 is 36.7 Å². The highest BCUT2D eigenvalue weighted by molar-refractivity contribution is 5.90. The topological polar surface area (TPSA) is 52.8 Å². The molecule has 114 valence electrons. The molecule has 0 fully saturated rings. The van der Waals surface area contributed by atoms with E-state index in [-0.39, 0.29) is 6.42 Å². The summed E-state index contributed by atoms with van der Waals surface area (Å²) in [6, 6.07) is 0. The minimum absolute atomic E-state index is 0.137. The zero-order chi connectivity index (χ0) is 15.7. The van der Waals surface area contributed by atoms with E-state index in [1.54, 1.807) is 0 Å². The normalized spacial score (nSPS) is 15.8. The third-order valence-electron chi connectivity index (χ3n) is 3.15. The quantitative estimate of drug-likeness (QED) is 0.361. The summed E-state index contributed by atoms with van der Waals surface area (Å²) >= 11 is 0. The average molecular weight is 295 g/mol. The van der Waals surface area contributed by atoms with Crippen LogP contribution in [0.2, 0.25) is 0 Å². The number of rotatable bonds is 4. The van der Waals surface area contributed by atoms with Crippen LogP contribution in [0.4, 0.5) is 26.3 Å². The lowest BCUT2D eigenvalue weighted by molar-refractivity contribution is -0.365. The van der Waals surface area contributed by atoms with Gasteiger partial charge < -0.3 is 10.3 Å². The summed E-state index contributed by atoms with van der Waals surface area (Å²) in [6.07, 6.45) is -13.6. The largest absolute Gasteiger partial charge is 0.426 e. The molecular formula is C10H15F6NO2. The molecule has 19 heavy (non-hydrogen) atoms. The van der Waals surface area contributed by atoms with Gasteiger partial charge in [0.2, 0.25) is 0 Å². The highest BCUT2D eigenvalue weighted by atomic mass is 19.4. The van der Waals surface area contributed by atoms with Crippen LogP contribution in [0, 0.1) is 5.41 Å². The Bertz CT molecular complexity index is 331. The van der Waals surface area contributed by atoms with Crippen LogP contribution in [0.5, 0.6) is 0 Å². The van der Waals surface area contributed by atoms with Crippen molar-refractivity contribution in [3.63, 3.8) is 0 Å². The van der Waals surface area contributed by atoms with Crippen molar-refractivity contribution >= 4 is 5.71 Å². The highest BCUT2D eigenvalue weighted by Gasteiger charge is 2.70. The second kappa shape index (κ2) is 5.18. The number of aliphatic hydroxyl groups is 1. The summed E-state index contributed by atoms with van der Waals surface area (Å²) < 4.78 is 74.9. The van der Waals surface area contributed by atoms with E-state index in [0.717, 1.165) is 0 Å². The fourth-order valence-corrected chi connectivity index (χ4v) is 1.22. The molecule has 0 saturated carbocycles. The van der Waals surface area contributed by atoms with Crippen LogP contribution in [0.3, 0.4) is 0 Å². The summed E-state index contributed by atoms with van der Waals surface area (Å²) in [5, 5.41) is 20.1. The predicted molar refractivity (Wildman–Crippen MR) is 55.0 cm³/mol. The van der Waals surface area contributed by atoms with Crippen molar-refractivity contribution in [1.29, 1.82) is 0 Å². The van der Waals surface area contributed by atoms with E-state index in [9.17, 15) is 26.3 Å². The first-order chi connectivity index (χ1) is 8.23. The van der Waals surface area contributed by atoms with Crippen molar-refractivity contribution in [2.75, 3.05) is 0 Å². The molecule has 0 aromatic heterocycles. The number of halogens is 6. The number of oxime groups is 1. The van der Waals surface area contributed by atoms with Crippen molar-refractivity contribution in [3.05, 3.63) is 0 Å². The lowest BCUT2D eigenvalue weighted by Gasteiger charge is -2.35. The molecule has 0 atom stereocenters. The Kier molecular flexibility index (Phi) is 4.91. The lowest BCUT2D eigenvalue weighted by atomic mass is 9.78. The number of hydrogen-bond acceptors (Lipinski definition) is 3. The first kappa shape index (κ1) is 18.0. The highest BCUT2D eigenvalue weighted by Crippen LogP contribution is 2.46. The summed E-state index contributed by atoms with van der Waals surface area (Å²) in [7, 11) is 0. The van der Waals surface area contributed by atoms with Crippen LogP contribution in [-0.4, -0.2) is 34.0 Å². The molecule has 0 aromatic carbocycles. The summed E-state index contributed by atoms with van der Waals surface area (Å²) in [4.78, 5) is 0. The van der Waals surface area contributed by atoms with Crippen molar-refractivity contribution in [2.24, 2.45) is 10.6 Å². The van der Waals surface area contributed by atoms with Crippen LogP contribution < -0.4 is 0 Å². The first-order valence-corrected chi connectivity index (χ1v) is 5.30. The van der Waals surface area contributed by atoms with Gasteiger partial charge in [-0.15, -0.1) is 0 Å². The SMILES string of the molecule is CCC(C)(C)/C(CC(O)(C(F)(F)F)C(F)(F)F)=N/O. The number of alkyl halides is 6. The Labute approximate surface area is 105 Å². The zero-order valence-electron chi connectivity index (χ0n) is 10.5. The van der Waals surface area contributed by atoms with Gasteiger partial charge >= 0.3 is 12.4 Å². The Morgan fingerprint density at radius 2 is 1.37 bits per heavy atom. The van der Waals surface area contributed by atoms with Gasteiger partial charge in [0.05, 0.1) is 5.71 Å². The maximum Gasteiger partial charge on any atom is 0.426 e. The van der Waals surface area contributed by atoms with Gasteiger partial charge in [0.25, 0.3) is 5.60 Å². The standard InChI is InChI=1S/C10H15F6NO2/c1-4-7(2,3)6(17-19)5-8(18,9(11,12)13)10(14,15)16/h18-19H,4-5H2,1-3H3/b17-6+. The number of nitrogens with zero attached hydrogens (tertiary/aromatic N) is 1. The minimum atomic E-state index is -5.93. The van der Waals surface area contributed by atoms with Gasteiger partial charge in [0.1, 0.15) is 0 Å². The van der Waals surface area contributed by atoms with Gasteiger partial charge in [0, 0.05) is 11.8 Å². The molecule has 0 saturated heterocycles. The van der Waals surface area contributed by atoms with Crippen LogP contribution in [0.1, 0.15) is 33.6 Å². The van der Waals surface area contributed by atoms with Gasteiger partial charge in [0.15, 0.2) is 0 Å². The molecule has 0 aliphatic heterocycles. The molecule has 9 heteroatoms. The Balaban J connectivity index is 5.62. The van der Waals surface area contributed by atoms with Gasteiger partial charge in [-0.05, 0) is 6.42 Å². The van der Waals surface area contributed by atoms with E-state index in [0.29, 0.717) is 0 Å². The van der Waals surface area contributed by atoms with Gasteiger partial charge in [-0.2, -0.15) is 26.3 Å². The molecule has 2 N–H and O–H groups in total. The molecule has 0 aliphatic rings. The van der Waals surface area contributed by atoms with Crippen LogP contribution in [-0.2, 0) is 0 Å². The molecule has 0 spiro atoms. The van der Waals surface area contributed by atoms with E-state index in [4.69, 9.17) is 10.3 Å². The fraction of sp³-hybridized carbons (Fsp3) is 0.900. The van der Waals surface area contributed by atoms with E-state index in [2.05, 4.69) is 5.16 Å². The van der Waals surface area contributed by atoms with Gasteiger partial charge in [-0.3, -0.25) is 0 Å². The van der Waals surface area contributed by atoms with Gasteiger partial charge in [-0.25, -0.2) is 0 Å². The molecule has 0 aliphatic carbocycles. The summed E-state index contributed by atoms with van der Waals surface area (Å²) in [5.41, 5.74) is -6.92. The molecular weight excluding hydrogens is 280 g/mol. The minimum Gasteiger partial charge on any atom is -0.411 e. The maximum absolute atomic E-state index is 12.5. The molecule has 0 aromatic rings. The first-order valence-electron chi connectivity index (χ1n) is 5.30. The molecule has 0 radical (unpaired) electrons. The summed E-state index contributed by atoms with van der Waals surface area (Å²) in [5.74, 6) is 0. The summed E-state index contributed by atoms with van der Waals surface area (Å²) in [6.45, 7) is 4.13. The van der Waals surface area contributed by atoms with E-state index in [1.807, 2.05) is 0 Å². The van der Waals surface area contributed by atoms with E-state index < -0.39 is 35.5 Å². The Hall–Kier alpha value is -0.990. The zero-order valence-corrected chi connectivity index (χ0v) is 10.5. The molecule has 0 heterocycles. The lowest BCUT2D eigenvalue weighted by Crippen LogP contribution is -2.58.